The third kappa shape index (κ3) is 6.64. The summed E-state index contributed by atoms with van der Waals surface area (Å²) in [7, 11) is -5.81. The lowest BCUT2D eigenvalue weighted by atomic mass is 10.0. The van der Waals surface area contributed by atoms with E-state index in [1.165, 1.54) is 0 Å². The maximum atomic E-state index is 11.9. The first kappa shape index (κ1) is 29.7. The van der Waals surface area contributed by atoms with Crippen LogP contribution in [0.1, 0.15) is 72.6 Å². The van der Waals surface area contributed by atoms with Crippen molar-refractivity contribution in [3.05, 3.63) is 0 Å². The van der Waals surface area contributed by atoms with Gasteiger partial charge in [0.05, 0.1) is 25.6 Å². The molecule has 0 radical (unpaired) electrons. The van der Waals surface area contributed by atoms with Crippen LogP contribution in [0.2, 0.25) is 51.9 Å². The van der Waals surface area contributed by atoms with E-state index >= 15 is 0 Å². The summed E-state index contributed by atoms with van der Waals surface area (Å²) in [5.74, 6) is -0.965. The van der Waals surface area contributed by atoms with E-state index in [2.05, 4.69) is 73.5 Å². The van der Waals surface area contributed by atoms with Gasteiger partial charge in [0.1, 0.15) is 0 Å². The van der Waals surface area contributed by atoms with Crippen molar-refractivity contribution in [2.45, 2.75) is 135 Å². The van der Waals surface area contributed by atoms with E-state index < -0.39 is 24.7 Å². The third-order valence-corrected chi connectivity index (χ3v) is 18.1. The minimum atomic E-state index is -2.24. The van der Waals surface area contributed by atoms with Crippen LogP contribution in [0.15, 0.2) is 0 Å². The van der Waals surface area contributed by atoms with E-state index in [-0.39, 0.29) is 34.7 Å². The zero-order valence-corrected chi connectivity index (χ0v) is 25.8. The van der Waals surface area contributed by atoms with E-state index in [0.717, 1.165) is 44.6 Å². The van der Waals surface area contributed by atoms with Crippen molar-refractivity contribution >= 4 is 36.6 Å². The number of ether oxygens (including phenoxy) is 1. The molecule has 1 unspecified atom stereocenters. The highest BCUT2D eigenvalue weighted by Crippen LogP contribution is 2.44. The number of cyclic esters (lactones) is 2. The second-order valence-corrected chi connectivity index (χ2v) is 25.4. The number of carbonyl (C=O) groups is 2. The average Bonchev–Trinajstić information content (AvgIpc) is 3.00. The predicted octanol–water partition coefficient (Wildman–Crippen LogP) is 6.83. The summed E-state index contributed by atoms with van der Waals surface area (Å²) in [6.45, 7) is 25.5. The van der Waals surface area contributed by atoms with Gasteiger partial charge in [0.25, 0.3) is 0 Å². The fourth-order valence-corrected chi connectivity index (χ4v) is 17.6. The summed E-state index contributed by atoms with van der Waals surface area (Å²) in [4.78, 5) is 23.3. The molecule has 8 heteroatoms. The Morgan fingerprint density at radius 3 is 1.72 bits per heavy atom. The molecular weight excluding hydrogens is 453 g/mol. The molecule has 0 amide bonds. The average molecular weight is 503 g/mol. The molecule has 1 rings (SSSR count). The first-order valence-corrected chi connectivity index (χ1v) is 22.2. The summed E-state index contributed by atoms with van der Waals surface area (Å²) in [6.07, 6.45) is 5.88. The van der Waals surface area contributed by atoms with Gasteiger partial charge in [0, 0.05) is 5.22 Å². The molecule has 188 valence electrons. The van der Waals surface area contributed by atoms with Gasteiger partial charge in [-0.05, 0) is 64.8 Å². The molecular formula is C24H50O5Si3. The lowest BCUT2D eigenvalue weighted by molar-refractivity contribution is -0.153. The normalized spacial score (nSPS) is 18.9. The van der Waals surface area contributed by atoms with Crippen LogP contribution >= 0.6 is 0 Å². The largest absolute Gasteiger partial charge is 0.412 e. The van der Waals surface area contributed by atoms with E-state index in [9.17, 15) is 9.59 Å². The molecule has 0 aliphatic carbocycles. The van der Waals surface area contributed by atoms with Gasteiger partial charge in [-0.1, -0.05) is 53.3 Å². The quantitative estimate of drug-likeness (QED) is 0.148. The minimum absolute atomic E-state index is 0.118. The van der Waals surface area contributed by atoms with Gasteiger partial charge in [0.2, 0.25) is 8.32 Å². The van der Waals surface area contributed by atoms with Crippen LogP contribution in [0.3, 0.4) is 0 Å². The fraction of sp³-hybridized carbons (Fsp3) is 0.917. The van der Waals surface area contributed by atoms with Crippen LogP contribution in [0.4, 0.5) is 0 Å². The van der Waals surface area contributed by atoms with Crippen molar-refractivity contribution in [3.8, 4) is 0 Å². The Morgan fingerprint density at radius 2 is 1.34 bits per heavy atom. The molecule has 0 bridgehead atoms. The highest BCUT2D eigenvalue weighted by Gasteiger charge is 2.55. The second-order valence-electron chi connectivity index (χ2n) is 11.7. The highest BCUT2D eigenvalue weighted by molar-refractivity contribution is 6.83. The molecule has 0 aromatic rings. The van der Waals surface area contributed by atoms with Crippen LogP contribution in [0.5, 0.6) is 0 Å². The minimum Gasteiger partial charge on any atom is -0.412 e. The highest BCUT2D eigenvalue weighted by atomic mass is 28.4. The molecule has 1 aliphatic heterocycles. The standard InChI is InChI=1S/C24H50O5Si3/c1-12-23(13-2,29-32(10,11)24(14-3,15-4)28-30(5,6)7)31(8,9)18-16-17-20-19-21(25)27-22(20)26/h20H,12-19H2,1-11H3. The van der Waals surface area contributed by atoms with Crippen molar-refractivity contribution in [1.82, 2.24) is 0 Å². The van der Waals surface area contributed by atoms with E-state index in [4.69, 9.17) is 13.6 Å². The van der Waals surface area contributed by atoms with Gasteiger partial charge in [-0.2, -0.15) is 0 Å². The predicted molar refractivity (Wildman–Crippen MR) is 140 cm³/mol. The van der Waals surface area contributed by atoms with Crippen LogP contribution in [0.25, 0.3) is 0 Å². The van der Waals surface area contributed by atoms with Crippen molar-refractivity contribution in [2.24, 2.45) is 5.92 Å². The van der Waals surface area contributed by atoms with Crippen molar-refractivity contribution in [3.63, 3.8) is 0 Å². The summed E-state index contributed by atoms with van der Waals surface area (Å²) in [5.41, 5.74) is 0. The molecule has 1 atom stereocenters. The number of carbonyl (C=O) groups excluding carboxylic acids is 2. The Bertz CT molecular complexity index is 647. The van der Waals surface area contributed by atoms with Crippen molar-refractivity contribution in [1.29, 1.82) is 0 Å². The second kappa shape index (κ2) is 11.0. The molecule has 5 nitrogen and oxygen atoms in total. The molecule has 1 aliphatic rings. The van der Waals surface area contributed by atoms with Gasteiger partial charge in [0.15, 0.2) is 8.32 Å². The summed E-state index contributed by atoms with van der Waals surface area (Å²) < 4.78 is 19.0. The molecule has 0 saturated carbocycles. The van der Waals surface area contributed by atoms with Crippen LogP contribution in [-0.4, -0.2) is 47.1 Å². The van der Waals surface area contributed by atoms with Crippen LogP contribution in [0, 0.1) is 5.92 Å². The number of rotatable bonds is 14. The van der Waals surface area contributed by atoms with E-state index in [1.54, 1.807) is 0 Å². The topological polar surface area (TPSA) is 61.8 Å². The molecule has 0 aromatic carbocycles. The first-order valence-electron chi connectivity index (χ1n) is 12.7. The van der Waals surface area contributed by atoms with Crippen LogP contribution in [-0.2, 0) is 23.2 Å². The van der Waals surface area contributed by atoms with Gasteiger partial charge in [-0.3, -0.25) is 9.59 Å². The molecule has 32 heavy (non-hydrogen) atoms. The molecule has 0 N–H and O–H groups in total. The van der Waals surface area contributed by atoms with Gasteiger partial charge in [-0.25, -0.2) is 0 Å². The maximum Gasteiger partial charge on any atom is 0.317 e. The Balaban J connectivity index is 3.10. The zero-order valence-electron chi connectivity index (χ0n) is 22.8. The van der Waals surface area contributed by atoms with Gasteiger partial charge < -0.3 is 13.6 Å². The summed E-state index contributed by atoms with van der Waals surface area (Å²) >= 11 is 0. The molecule has 0 aromatic heterocycles. The lowest BCUT2D eigenvalue weighted by Gasteiger charge is -2.55. The van der Waals surface area contributed by atoms with E-state index in [0.29, 0.717) is 0 Å². The summed E-state index contributed by atoms with van der Waals surface area (Å²) in [5, 5.41) is -0.293. The smallest absolute Gasteiger partial charge is 0.317 e. The molecule has 1 fully saturated rings. The monoisotopic (exact) mass is 502 g/mol. The van der Waals surface area contributed by atoms with Crippen molar-refractivity contribution < 1.29 is 23.2 Å². The number of hydrogen-bond acceptors (Lipinski definition) is 5. The van der Waals surface area contributed by atoms with Crippen molar-refractivity contribution in [2.75, 3.05) is 0 Å². The Morgan fingerprint density at radius 1 is 0.844 bits per heavy atom. The summed E-state index contributed by atoms with van der Waals surface area (Å²) in [6, 6.07) is 1.08. The molecule has 0 spiro atoms. The van der Waals surface area contributed by atoms with Gasteiger partial charge >= 0.3 is 11.9 Å². The maximum absolute atomic E-state index is 11.9. The molecule has 1 heterocycles. The number of esters is 2. The molecule has 1 saturated heterocycles. The zero-order chi connectivity index (χ0) is 25.0. The van der Waals surface area contributed by atoms with E-state index in [1.807, 2.05) is 0 Å². The lowest BCUT2D eigenvalue weighted by Crippen LogP contribution is -2.68. The Kier molecular flexibility index (Phi) is 10.2. The SMILES string of the molecule is CCC(CC)(O[Si](C)(C)C(CC)(CC)O[Si](C)(C)C)[Si](C)(C)CCCC1CC(=O)OC1=O. The van der Waals surface area contributed by atoms with Gasteiger partial charge in [-0.15, -0.1) is 0 Å². The third-order valence-electron chi connectivity index (χ3n) is 7.88. The Labute approximate surface area is 200 Å². The van der Waals surface area contributed by atoms with Crippen LogP contribution < -0.4 is 0 Å². The first-order chi connectivity index (χ1) is 14.5. The number of hydrogen-bond donors (Lipinski definition) is 0. The Hall–Kier alpha value is -0.289. The fourth-order valence-electron chi connectivity index (χ4n) is 5.79.